The van der Waals surface area contributed by atoms with Crippen LogP contribution in [0.1, 0.15) is 5.56 Å². The van der Waals surface area contributed by atoms with Crippen molar-refractivity contribution in [2.24, 2.45) is 0 Å². The molecule has 0 atom stereocenters. The molecule has 20 heavy (non-hydrogen) atoms. The second-order valence-electron chi connectivity index (χ2n) is 3.70. The Bertz CT molecular complexity index is 645. The number of alkyl halides is 3. The summed E-state index contributed by atoms with van der Waals surface area (Å²) in [4.78, 5) is 11.1. The molecule has 0 saturated carbocycles. The van der Waals surface area contributed by atoms with Gasteiger partial charge in [-0.15, -0.1) is 0 Å². The molecule has 0 amide bonds. The third-order valence-electron chi connectivity index (χ3n) is 2.34. The Hall–Kier alpha value is -2.45. The smallest absolute Gasteiger partial charge is 0.419 e. The molecule has 9 heteroatoms. The molecule has 0 bridgehead atoms. The summed E-state index contributed by atoms with van der Waals surface area (Å²) in [5, 5.41) is 0. The molecule has 0 aliphatic carbocycles. The van der Waals surface area contributed by atoms with E-state index in [0.29, 0.717) is 12.1 Å². The van der Waals surface area contributed by atoms with Crippen LogP contribution in [0.3, 0.4) is 0 Å². The Morgan fingerprint density at radius 2 is 1.85 bits per heavy atom. The molecular weight excluding hydrogens is 280 g/mol. The van der Waals surface area contributed by atoms with E-state index in [9.17, 15) is 17.6 Å². The predicted molar refractivity (Wildman–Crippen MR) is 61.2 cm³/mol. The van der Waals surface area contributed by atoms with Crippen LogP contribution in [0.25, 0.3) is 11.4 Å². The molecule has 1 aromatic carbocycles. The SMILES string of the molecule is COc1nc(N)nc(-c2ccc(F)c(C(F)(F)F)c2)n1. The minimum Gasteiger partial charge on any atom is -0.467 e. The molecule has 0 spiro atoms. The Labute approximate surface area is 110 Å². The number of nitrogens with zero attached hydrogens (tertiary/aromatic N) is 3. The molecule has 0 saturated heterocycles. The predicted octanol–water partition coefficient (Wildman–Crippen LogP) is 2.29. The Balaban J connectivity index is 2.56. The molecule has 0 fully saturated rings. The van der Waals surface area contributed by atoms with E-state index in [1.807, 2.05) is 0 Å². The fraction of sp³-hybridized carbons (Fsp3) is 0.182. The lowest BCUT2D eigenvalue weighted by Gasteiger charge is -2.10. The van der Waals surface area contributed by atoms with Crippen molar-refractivity contribution in [3.8, 4) is 17.4 Å². The van der Waals surface area contributed by atoms with E-state index >= 15 is 0 Å². The van der Waals surface area contributed by atoms with Gasteiger partial charge in [0.2, 0.25) is 5.95 Å². The van der Waals surface area contributed by atoms with Crippen LogP contribution in [0.15, 0.2) is 18.2 Å². The van der Waals surface area contributed by atoms with Gasteiger partial charge in [0.05, 0.1) is 12.7 Å². The van der Waals surface area contributed by atoms with E-state index < -0.39 is 17.6 Å². The fourth-order valence-electron chi connectivity index (χ4n) is 1.47. The van der Waals surface area contributed by atoms with Gasteiger partial charge >= 0.3 is 12.2 Å². The maximum Gasteiger partial charge on any atom is 0.419 e. The first kappa shape index (κ1) is 14.0. The van der Waals surface area contributed by atoms with Crippen molar-refractivity contribution in [1.29, 1.82) is 0 Å². The lowest BCUT2D eigenvalue weighted by atomic mass is 10.1. The highest BCUT2D eigenvalue weighted by Gasteiger charge is 2.34. The van der Waals surface area contributed by atoms with Gasteiger partial charge in [-0.3, -0.25) is 0 Å². The molecule has 0 aliphatic heterocycles. The van der Waals surface area contributed by atoms with E-state index in [1.54, 1.807) is 0 Å². The van der Waals surface area contributed by atoms with Crippen molar-refractivity contribution in [3.63, 3.8) is 0 Å². The summed E-state index contributed by atoms with van der Waals surface area (Å²) < 4.78 is 55.8. The largest absolute Gasteiger partial charge is 0.467 e. The number of hydrogen-bond acceptors (Lipinski definition) is 5. The normalized spacial score (nSPS) is 11.4. The van der Waals surface area contributed by atoms with Crippen molar-refractivity contribution >= 4 is 5.95 Å². The minimum absolute atomic E-state index is 0.0499. The number of nitrogens with two attached hydrogens (primary N) is 1. The minimum atomic E-state index is -4.82. The standard InChI is InChI=1S/C11H8F4N4O/c1-20-10-18-8(17-9(16)19-10)5-2-3-7(12)6(4-5)11(13,14)15/h2-4H,1H3,(H2,16,17,18,19). The van der Waals surface area contributed by atoms with E-state index in [4.69, 9.17) is 10.5 Å². The van der Waals surface area contributed by atoms with Gasteiger partial charge in [0.1, 0.15) is 5.82 Å². The third kappa shape index (κ3) is 2.76. The molecule has 2 N–H and O–H groups in total. The van der Waals surface area contributed by atoms with E-state index in [2.05, 4.69) is 15.0 Å². The van der Waals surface area contributed by atoms with Crippen LogP contribution in [0.4, 0.5) is 23.5 Å². The molecule has 1 aromatic heterocycles. The zero-order valence-electron chi connectivity index (χ0n) is 10.1. The van der Waals surface area contributed by atoms with E-state index in [1.165, 1.54) is 7.11 Å². The van der Waals surface area contributed by atoms with Crippen LogP contribution in [-0.4, -0.2) is 22.1 Å². The van der Waals surface area contributed by atoms with Crippen LogP contribution >= 0.6 is 0 Å². The van der Waals surface area contributed by atoms with Gasteiger partial charge in [-0.25, -0.2) is 4.39 Å². The lowest BCUT2D eigenvalue weighted by Crippen LogP contribution is -2.09. The highest BCUT2D eigenvalue weighted by Crippen LogP contribution is 2.33. The van der Waals surface area contributed by atoms with Crippen LogP contribution < -0.4 is 10.5 Å². The second-order valence-corrected chi connectivity index (χ2v) is 3.70. The summed E-state index contributed by atoms with van der Waals surface area (Å²) in [6, 6.07) is 2.25. The molecule has 2 rings (SSSR count). The number of hydrogen-bond donors (Lipinski definition) is 1. The number of methoxy groups -OCH3 is 1. The van der Waals surface area contributed by atoms with E-state index in [-0.39, 0.29) is 23.3 Å². The van der Waals surface area contributed by atoms with E-state index in [0.717, 1.165) is 6.07 Å². The van der Waals surface area contributed by atoms with Crippen molar-refractivity contribution in [3.05, 3.63) is 29.6 Å². The average molecular weight is 288 g/mol. The first-order valence-corrected chi connectivity index (χ1v) is 5.24. The molecular formula is C11H8F4N4O. The average Bonchev–Trinajstić information content (AvgIpc) is 2.37. The second kappa shape index (κ2) is 4.91. The molecule has 0 aliphatic rings. The van der Waals surface area contributed by atoms with Gasteiger partial charge in [0.25, 0.3) is 0 Å². The zero-order valence-corrected chi connectivity index (χ0v) is 10.1. The van der Waals surface area contributed by atoms with Crippen LogP contribution in [-0.2, 0) is 6.18 Å². The van der Waals surface area contributed by atoms with Crippen molar-refractivity contribution in [2.45, 2.75) is 6.18 Å². The van der Waals surface area contributed by atoms with Crippen molar-refractivity contribution in [2.75, 3.05) is 12.8 Å². The lowest BCUT2D eigenvalue weighted by molar-refractivity contribution is -0.139. The third-order valence-corrected chi connectivity index (χ3v) is 2.34. The number of halogens is 4. The molecule has 5 nitrogen and oxygen atoms in total. The fourth-order valence-corrected chi connectivity index (χ4v) is 1.47. The quantitative estimate of drug-likeness (QED) is 0.858. The number of ether oxygens (including phenoxy) is 1. The van der Waals surface area contributed by atoms with Crippen LogP contribution in [0, 0.1) is 5.82 Å². The van der Waals surface area contributed by atoms with Crippen LogP contribution in [0.5, 0.6) is 6.01 Å². The first-order valence-electron chi connectivity index (χ1n) is 5.24. The number of anilines is 1. The molecule has 2 aromatic rings. The summed E-state index contributed by atoms with van der Waals surface area (Å²) in [7, 11) is 1.27. The number of nitrogen functional groups attached to an aromatic ring is 1. The number of rotatable bonds is 2. The van der Waals surface area contributed by atoms with Gasteiger partial charge in [-0.1, -0.05) is 0 Å². The van der Waals surface area contributed by atoms with Crippen molar-refractivity contribution < 1.29 is 22.3 Å². The Morgan fingerprint density at radius 1 is 1.15 bits per heavy atom. The maximum absolute atomic E-state index is 13.2. The summed E-state index contributed by atoms with van der Waals surface area (Å²) in [5.74, 6) is -1.74. The Morgan fingerprint density at radius 3 is 2.45 bits per heavy atom. The highest BCUT2D eigenvalue weighted by atomic mass is 19.4. The molecule has 106 valence electrons. The summed E-state index contributed by atoms with van der Waals surface area (Å²) in [6.07, 6.45) is -4.82. The molecule has 1 heterocycles. The van der Waals surface area contributed by atoms with Gasteiger partial charge in [-0.2, -0.15) is 28.1 Å². The van der Waals surface area contributed by atoms with Crippen molar-refractivity contribution in [1.82, 2.24) is 15.0 Å². The maximum atomic E-state index is 13.2. The van der Waals surface area contributed by atoms with Gasteiger partial charge < -0.3 is 10.5 Å². The molecule has 0 unspecified atom stereocenters. The number of benzene rings is 1. The van der Waals surface area contributed by atoms with Crippen LogP contribution in [0.2, 0.25) is 0 Å². The van der Waals surface area contributed by atoms with Gasteiger partial charge in [0, 0.05) is 5.56 Å². The summed E-state index contributed by atoms with van der Waals surface area (Å²) >= 11 is 0. The highest BCUT2D eigenvalue weighted by molar-refractivity contribution is 5.57. The first-order chi connectivity index (χ1) is 9.31. The van der Waals surface area contributed by atoms with Gasteiger partial charge in [-0.05, 0) is 18.2 Å². The Kier molecular flexibility index (Phi) is 3.43. The van der Waals surface area contributed by atoms with Gasteiger partial charge in [0.15, 0.2) is 5.82 Å². The summed E-state index contributed by atoms with van der Waals surface area (Å²) in [5.41, 5.74) is 3.93. The monoisotopic (exact) mass is 288 g/mol. The number of aromatic nitrogens is 3. The zero-order chi connectivity index (χ0) is 14.9. The summed E-state index contributed by atoms with van der Waals surface area (Å²) in [6.45, 7) is 0. The molecule has 0 radical (unpaired) electrons. The topological polar surface area (TPSA) is 73.9 Å².